The SMILES string of the molecule is CC(C)CC(CN)CCN1CCC2CCCCC21. The van der Waals surface area contributed by atoms with E-state index in [0.29, 0.717) is 0 Å². The molecule has 106 valence electrons. The van der Waals surface area contributed by atoms with E-state index in [0.717, 1.165) is 30.3 Å². The molecule has 0 aromatic heterocycles. The molecule has 2 nitrogen and oxygen atoms in total. The summed E-state index contributed by atoms with van der Waals surface area (Å²) < 4.78 is 0. The first-order chi connectivity index (χ1) is 8.70. The van der Waals surface area contributed by atoms with Crippen molar-refractivity contribution in [1.29, 1.82) is 0 Å². The number of hydrogen-bond donors (Lipinski definition) is 1. The highest BCUT2D eigenvalue weighted by Crippen LogP contribution is 2.36. The summed E-state index contributed by atoms with van der Waals surface area (Å²) in [7, 11) is 0. The van der Waals surface area contributed by atoms with Gasteiger partial charge in [0.05, 0.1) is 0 Å². The van der Waals surface area contributed by atoms with Crippen molar-refractivity contribution in [3.8, 4) is 0 Å². The van der Waals surface area contributed by atoms with Crippen LogP contribution in [0, 0.1) is 17.8 Å². The minimum absolute atomic E-state index is 0.743. The number of likely N-dealkylation sites (tertiary alicyclic amines) is 1. The number of nitrogens with zero attached hydrogens (tertiary/aromatic N) is 1. The Balaban J connectivity index is 1.75. The lowest BCUT2D eigenvalue weighted by atomic mass is 9.85. The van der Waals surface area contributed by atoms with E-state index in [4.69, 9.17) is 5.73 Å². The third-order valence-corrected chi connectivity index (χ3v) is 5.09. The molecule has 1 saturated heterocycles. The number of fused-ring (bicyclic) bond motifs is 1. The second kappa shape index (κ2) is 6.91. The molecule has 0 aromatic rings. The van der Waals surface area contributed by atoms with E-state index in [2.05, 4.69) is 18.7 Å². The predicted octanol–water partition coefficient (Wildman–Crippen LogP) is 3.26. The van der Waals surface area contributed by atoms with Gasteiger partial charge in [-0.2, -0.15) is 0 Å². The fraction of sp³-hybridized carbons (Fsp3) is 1.00. The molecule has 3 atom stereocenters. The lowest BCUT2D eigenvalue weighted by Gasteiger charge is -2.32. The molecule has 0 amide bonds. The summed E-state index contributed by atoms with van der Waals surface area (Å²) >= 11 is 0. The van der Waals surface area contributed by atoms with Crippen molar-refractivity contribution < 1.29 is 0 Å². The molecule has 1 aliphatic carbocycles. The lowest BCUT2D eigenvalue weighted by Crippen LogP contribution is -2.36. The fourth-order valence-electron chi connectivity index (χ4n) is 4.13. The van der Waals surface area contributed by atoms with Crippen molar-refractivity contribution in [3.63, 3.8) is 0 Å². The summed E-state index contributed by atoms with van der Waals surface area (Å²) in [5.41, 5.74) is 5.92. The Labute approximate surface area is 113 Å². The largest absolute Gasteiger partial charge is 0.330 e. The van der Waals surface area contributed by atoms with Crippen LogP contribution >= 0.6 is 0 Å². The Morgan fingerprint density at radius 1 is 1.17 bits per heavy atom. The third-order valence-electron chi connectivity index (χ3n) is 5.09. The number of nitrogens with two attached hydrogens (primary N) is 1. The van der Waals surface area contributed by atoms with Crippen LogP contribution < -0.4 is 5.73 Å². The van der Waals surface area contributed by atoms with Gasteiger partial charge in [0, 0.05) is 6.04 Å². The highest BCUT2D eigenvalue weighted by molar-refractivity contribution is 4.89. The van der Waals surface area contributed by atoms with Crippen molar-refractivity contribution in [2.75, 3.05) is 19.6 Å². The van der Waals surface area contributed by atoms with E-state index in [1.165, 1.54) is 58.0 Å². The van der Waals surface area contributed by atoms with Crippen molar-refractivity contribution in [1.82, 2.24) is 4.90 Å². The number of hydrogen-bond acceptors (Lipinski definition) is 2. The van der Waals surface area contributed by atoms with E-state index in [1.54, 1.807) is 0 Å². The summed E-state index contributed by atoms with van der Waals surface area (Å²) in [6, 6.07) is 0.927. The van der Waals surface area contributed by atoms with Crippen molar-refractivity contribution >= 4 is 0 Å². The second-order valence-corrected chi connectivity index (χ2v) is 6.96. The molecule has 1 aliphatic heterocycles. The van der Waals surface area contributed by atoms with Gasteiger partial charge in [0.25, 0.3) is 0 Å². The fourth-order valence-corrected chi connectivity index (χ4v) is 4.13. The molecular weight excluding hydrogens is 220 g/mol. The predicted molar refractivity (Wildman–Crippen MR) is 78.6 cm³/mol. The molecule has 0 radical (unpaired) electrons. The van der Waals surface area contributed by atoms with Crippen LogP contribution in [0.1, 0.15) is 58.8 Å². The van der Waals surface area contributed by atoms with Crippen molar-refractivity contribution in [3.05, 3.63) is 0 Å². The topological polar surface area (TPSA) is 29.3 Å². The van der Waals surface area contributed by atoms with Crippen LogP contribution in [0.15, 0.2) is 0 Å². The third kappa shape index (κ3) is 3.71. The monoisotopic (exact) mass is 252 g/mol. The second-order valence-electron chi connectivity index (χ2n) is 6.96. The molecule has 0 aromatic carbocycles. The first kappa shape index (κ1) is 14.3. The first-order valence-corrected chi connectivity index (χ1v) is 8.14. The molecule has 1 heterocycles. The molecule has 2 N–H and O–H groups in total. The Kier molecular flexibility index (Phi) is 5.50. The van der Waals surface area contributed by atoms with Gasteiger partial charge in [-0.25, -0.2) is 0 Å². The molecule has 3 unspecified atom stereocenters. The molecule has 2 fully saturated rings. The van der Waals surface area contributed by atoms with Gasteiger partial charge in [0.1, 0.15) is 0 Å². The molecular formula is C16H32N2. The van der Waals surface area contributed by atoms with Gasteiger partial charge in [-0.15, -0.1) is 0 Å². The minimum atomic E-state index is 0.743. The standard InChI is InChI=1S/C16H32N2/c1-13(2)11-14(12-17)7-9-18-10-8-15-5-3-4-6-16(15)18/h13-16H,3-12,17H2,1-2H3. The van der Waals surface area contributed by atoms with Crippen LogP contribution in [0.3, 0.4) is 0 Å². The molecule has 0 bridgehead atoms. The Hall–Kier alpha value is -0.0800. The number of rotatable bonds is 6. The van der Waals surface area contributed by atoms with Crippen LogP contribution in [0.25, 0.3) is 0 Å². The van der Waals surface area contributed by atoms with E-state index in [1.807, 2.05) is 0 Å². The van der Waals surface area contributed by atoms with E-state index < -0.39 is 0 Å². The zero-order valence-corrected chi connectivity index (χ0v) is 12.4. The zero-order chi connectivity index (χ0) is 13.0. The van der Waals surface area contributed by atoms with Gasteiger partial charge in [-0.3, -0.25) is 0 Å². The molecule has 2 rings (SSSR count). The minimum Gasteiger partial charge on any atom is -0.330 e. The summed E-state index contributed by atoms with van der Waals surface area (Å²) in [6.07, 6.45) is 9.98. The maximum absolute atomic E-state index is 5.92. The molecule has 1 saturated carbocycles. The van der Waals surface area contributed by atoms with Crippen LogP contribution in [-0.4, -0.2) is 30.6 Å². The summed E-state index contributed by atoms with van der Waals surface area (Å²) in [5.74, 6) is 2.56. The normalized spacial score (nSPS) is 30.7. The van der Waals surface area contributed by atoms with Gasteiger partial charge in [-0.1, -0.05) is 26.7 Å². The molecule has 2 heteroatoms. The first-order valence-electron chi connectivity index (χ1n) is 8.14. The maximum atomic E-state index is 5.92. The van der Waals surface area contributed by atoms with Crippen LogP contribution in [0.4, 0.5) is 0 Å². The average molecular weight is 252 g/mol. The lowest BCUT2D eigenvalue weighted by molar-refractivity contribution is 0.170. The summed E-state index contributed by atoms with van der Waals surface area (Å²) in [6.45, 7) is 8.16. The molecule has 0 spiro atoms. The smallest absolute Gasteiger partial charge is 0.0124 e. The van der Waals surface area contributed by atoms with Gasteiger partial charge >= 0.3 is 0 Å². The van der Waals surface area contributed by atoms with E-state index >= 15 is 0 Å². The van der Waals surface area contributed by atoms with Gasteiger partial charge < -0.3 is 10.6 Å². The van der Waals surface area contributed by atoms with Gasteiger partial charge in [0.15, 0.2) is 0 Å². The van der Waals surface area contributed by atoms with Crippen LogP contribution in [0.5, 0.6) is 0 Å². The van der Waals surface area contributed by atoms with Crippen LogP contribution in [-0.2, 0) is 0 Å². The highest BCUT2D eigenvalue weighted by atomic mass is 15.2. The van der Waals surface area contributed by atoms with Gasteiger partial charge in [-0.05, 0) is 69.5 Å². The molecule has 18 heavy (non-hydrogen) atoms. The van der Waals surface area contributed by atoms with Crippen molar-refractivity contribution in [2.24, 2.45) is 23.5 Å². The van der Waals surface area contributed by atoms with E-state index in [-0.39, 0.29) is 0 Å². The highest BCUT2D eigenvalue weighted by Gasteiger charge is 2.35. The Morgan fingerprint density at radius 3 is 2.67 bits per heavy atom. The Morgan fingerprint density at radius 2 is 1.94 bits per heavy atom. The quantitative estimate of drug-likeness (QED) is 0.786. The summed E-state index contributed by atoms with van der Waals surface area (Å²) in [4.78, 5) is 2.78. The Bertz CT molecular complexity index is 239. The zero-order valence-electron chi connectivity index (χ0n) is 12.4. The van der Waals surface area contributed by atoms with Crippen molar-refractivity contribution in [2.45, 2.75) is 64.8 Å². The van der Waals surface area contributed by atoms with E-state index in [9.17, 15) is 0 Å². The van der Waals surface area contributed by atoms with Crippen LogP contribution in [0.2, 0.25) is 0 Å². The summed E-state index contributed by atoms with van der Waals surface area (Å²) in [5, 5.41) is 0. The average Bonchev–Trinajstić information content (AvgIpc) is 2.77. The maximum Gasteiger partial charge on any atom is 0.0124 e. The van der Waals surface area contributed by atoms with Gasteiger partial charge in [0.2, 0.25) is 0 Å². The molecule has 2 aliphatic rings.